The van der Waals surface area contributed by atoms with Crippen LogP contribution < -0.4 is 4.90 Å². The number of fused-ring (bicyclic) bond motifs is 1. The molecular formula is C21H23ClN4O2. The Bertz CT molecular complexity index is 1070. The number of carbonyl (C=O) groups is 1. The number of rotatable bonds is 3. The van der Waals surface area contributed by atoms with Gasteiger partial charge in [-0.1, -0.05) is 34.5 Å². The third kappa shape index (κ3) is 3.11. The quantitative estimate of drug-likeness (QED) is 0.656. The Morgan fingerprint density at radius 3 is 2.75 bits per heavy atom. The molecule has 0 aliphatic carbocycles. The first-order chi connectivity index (χ1) is 13.4. The van der Waals surface area contributed by atoms with E-state index in [1.807, 2.05) is 37.8 Å². The van der Waals surface area contributed by atoms with Crippen molar-refractivity contribution in [1.82, 2.24) is 14.9 Å². The molecule has 1 aliphatic rings. The van der Waals surface area contributed by atoms with Crippen LogP contribution in [0.5, 0.6) is 0 Å². The van der Waals surface area contributed by atoms with Gasteiger partial charge in [-0.15, -0.1) is 0 Å². The molecule has 0 N–H and O–H groups in total. The van der Waals surface area contributed by atoms with Crippen molar-refractivity contribution >= 4 is 23.2 Å². The molecule has 1 aliphatic heterocycles. The second kappa shape index (κ2) is 7.09. The number of aromatic nitrogens is 3. The summed E-state index contributed by atoms with van der Waals surface area (Å²) in [6.45, 7) is 8.73. The Hall–Kier alpha value is -2.60. The number of nitrogens with zero attached hydrogens (tertiary/aromatic N) is 4. The molecule has 4 rings (SSSR count). The molecule has 0 saturated heterocycles. The van der Waals surface area contributed by atoms with Crippen LogP contribution in [0, 0.1) is 27.7 Å². The maximum absolute atomic E-state index is 13.4. The van der Waals surface area contributed by atoms with Crippen molar-refractivity contribution in [1.29, 1.82) is 0 Å². The van der Waals surface area contributed by atoms with Crippen LogP contribution in [0.3, 0.4) is 0 Å². The molecule has 0 bridgehead atoms. The molecule has 0 radical (unpaired) electrons. The molecule has 0 atom stereocenters. The van der Waals surface area contributed by atoms with E-state index in [1.54, 1.807) is 4.68 Å². The SMILES string of the molecule is Cc1ccc2c(c1)CCCN2C(=O)c1noc(C)c1Cn1nc(C)c(Cl)c1C. The molecule has 1 aromatic carbocycles. The highest BCUT2D eigenvalue weighted by Gasteiger charge is 2.29. The lowest BCUT2D eigenvalue weighted by Gasteiger charge is -2.29. The summed E-state index contributed by atoms with van der Waals surface area (Å²) in [5, 5.41) is 9.21. The lowest BCUT2D eigenvalue weighted by Crippen LogP contribution is -2.36. The third-order valence-electron chi connectivity index (χ3n) is 5.39. The van der Waals surface area contributed by atoms with Gasteiger partial charge in [0.2, 0.25) is 0 Å². The van der Waals surface area contributed by atoms with Crippen molar-refractivity contribution in [2.75, 3.05) is 11.4 Å². The van der Waals surface area contributed by atoms with Crippen LogP contribution in [0.15, 0.2) is 22.7 Å². The average Bonchev–Trinajstić information content (AvgIpc) is 3.15. The average molecular weight is 399 g/mol. The maximum atomic E-state index is 13.4. The zero-order valence-corrected chi connectivity index (χ0v) is 17.3. The van der Waals surface area contributed by atoms with E-state index in [0.29, 0.717) is 29.6 Å². The van der Waals surface area contributed by atoms with Gasteiger partial charge >= 0.3 is 0 Å². The zero-order valence-electron chi connectivity index (χ0n) is 16.5. The first kappa shape index (κ1) is 18.7. The lowest BCUT2D eigenvalue weighted by atomic mass is 9.99. The molecule has 6 nitrogen and oxygen atoms in total. The van der Waals surface area contributed by atoms with Gasteiger partial charge in [0.05, 0.1) is 23.0 Å². The summed E-state index contributed by atoms with van der Waals surface area (Å²) in [4.78, 5) is 15.2. The molecule has 3 heterocycles. The number of halogens is 1. The van der Waals surface area contributed by atoms with Gasteiger partial charge in [0.15, 0.2) is 5.69 Å². The Labute approximate surface area is 169 Å². The number of hydrogen-bond acceptors (Lipinski definition) is 4. The molecule has 0 fully saturated rings. The van der Waals surface area contributed by atoms with E-state index in [1.165, 1.54) is 11.1 Å². The third-order valence-corrected chi connectivity index (χ3v) is 5.93. The number of aryl methyl sites for hydroxylation is 4. The molecule has 7 heteroatoms. The van der Waals surface area contributed by atoms with Crippen LogP contribution in [-0.2, 0) is 13.0 Å². The normalized spacial score (nSPS) is 13.7. The molecule has 2 aromatic heterocycles. The molecule has 0 saturated carbocycles. The van der Waals surface area contributed by atoms with Crippen LogP contribution in [-0.4, -0.2) is 27.4 Å². The number of hydrogen-bond donors (Lipinski definition) is 0. The summed E-state index contributed by atoms with van der Waals surface area (Å²) >= 11 is 6.27. The predicted octanol–water partition coefficient (Wildman–Crippen LogP) is 4.40. The molecular weight excluding hydrogens is 376 g/mol. The number of anilines is 1. The molecule has 146 valence electrons. The number of carbonyl (C=O) groups excluding carboxylic acids is 1. The molecule has 28 heavy (non-hydrogen) atoms. The van der Waals surface area contributed by atoms with E-state index in [4.69, 9.17) is 16.1 Å². The second-order valence-electron chi connectivity index (χ2n) is 7.40. The van der Waals surface area contributed by atoms with Crippen molar-refractivity contribution in [2.45, 2.75) is 47.1 Å². The minimum Gasteiger partial charge on any atom is -0.361 e. The minimum absolute atomic E-state index is 0.135. The smallest absolute Gasteiger partial charge is 0.280 e. The summed E-state index contributed by atoms with van der Waals surface area (Å²) in [7, 11) is 0. The first-order valence-corrected chi connectivity index (χ1v) is 9.80. The van der Waals surface area contributed by atoms with E-state index in [-0.39, 0.29) is 5.91 Å². The summed E-state index contributed by atoms with van der Waals surface area (Å²) in [5.41, 5.74) is 6.07. The Kier molecular flexibility index (Phi) is 4.75. The van der Waals surface area contributed by atoms with Crippen LogP contribution in [0.25, 0.3) is 0 Å². The first-order valence-electron chi connectivity index (χ1n) is 9.43. The van der Waals surface area contributed by atoms with E-state index >= 15 is 0 Å². The van der Waals surface area contributed by atoms with E-state index in [0.717, 1.165) is 35.5 Å². The summed E-state index contributed by atoms with van der Waals surface area (Å²) in [5.74, 6) is 0.484. The summed E-state index contributed by atoms with van der Waals surface area (Å²) in [6, 6.07) is 6.22. The fourth-order valence-electron chi connectivity index (χ4n) is 3.79. The molecule has 3 aromatic rings. The standard InChI is InChI=1S/C21H23ClN4O2/c1-12-7-8-18-16(10-12)6-5-9-25(18)21(27)20-17(15(4)28-24-20)11-26-14(3)19(22)13(2)23-26/h7-8,10H,5-6,9,11H2,1-4H3. The Balaban J connectivity index is 1.70. The van der Waals surface area contributed by atoms with Gasteiger partial charge in [0, 0.05) is 17.8 Å². The van der Waals surface area contributed by atoms with Crippen LogP contribution >= 0.6 is 11.6 Å². The van der Waals surface area contributed by atoms with Gasteiger partial charge in [0.25, 0.3) is 5.91 Å². The highest BCUT2D eigenvalue weighted by Crippen LogP contribution is 2.30. The highest BCUT2D eigenvalue weighted by atomic mass is 35.5. The van der Waals surface area contributed by atoms with E-state index < -0.39 is 0 Å². The van der Waals surface area contributed by atoms with Gasteiger partial charge < -0.3 is 9.42 Å². The van der Waals surface area contributed by atoms with Crippen molar-refractivity contribution in [3.05, 3.63) is 62.8 Å². The van der Waals surface area contributed by atoms with Gasteiger partial charge in [-0.2, -0.15) is 5.10 Å². The highest BCUT2D eigenvalue weighted by molar-refractivity contribution is 6.31. The lowest BCUT2D eigenvalue weighted by molar-refractivity contribution is 0.0975. The molecule has 0 spiro atoms. The largest absolute Gasteiger partial charge is 0.361 e. The Morgan fingerprint density at radius 1 is 1.25 bits per heavy atom. The van der Waals surface area contributed by atoms with Crippen LogP contribution in [0.4, 0.5) is 5.69 Å². The summed E-state index contributed by atoms with van der Waals surface area (Å²) < 4.78 is 7.19. The number of benzene rings is 1. The van der Waals surface area contributed by atoms with Gasteiger partial charge in [-0.05, 0) is 52.2 Å². The summed E-state index contributed by atoms with van der Waals surface area (Å²) in [6.07, 6.45) is 1.91. The van der Waals surface area contributed by atoms with Gasteiger partial charge in [0.1, 0.15) is 5.76 Å². The molecule has 0 unspecified atom stereocenters. The fourth-order valence-corrected chi connectivity index (χ4v) is 3.92. The monoisotopic (exact) mass is 398 g/mol. The maximum Gasteiger partial charge on any atom is 0.280 e. The van der Waals surface area contributed by atoms with Crippen molar-refractivity contribution in [3.63, 3.8) is 0 Å². The van der Waals surface area contributed by atoms with Crippen molar-refractivity contribution < 1.29 is 9.32 Å². The van der Waals surface area contributed by atoms with Crippen molar-refractivity contribution in [3.8, 4) is 0 Å². The van der Waals surface area contributed by atoms with Gasteiger partial charge in [-0.3, -0.25) is 9.48 Å². The fraction of sp³-hybridized carbons (Fsp3) is 0.381. The van der Waals surface area contributed by atoms with Gasteiger partial charge in [-0.25, -0.2) is 0 Å². The molecule has 1 amide bonds. The zero-order chi connectivity index (χ0) is 20.0. The van der Waals surface area contributed by atoms with Crippen LogP contribution in [0.1, 0.15) is 50.7 Å². The second-order valence-corrected chi connectivity index (χ2v) is 7.78. The Morgan fingerprint density at radius 2 is 2.04 bits per heavy atom. The van der Waals surface area contributed by atoms with E-state index in [2.05, 4.69) is 23.2 Å². The van der Waals surface area contributed by atoms with Crippen molar-refractivity contribution in [2.24, 2.45) is 0 Å². The predicted molar refractivity (Wildman–Crippen MR) is 108 cm³/mol. The topological polar surface area (TPSA) is 64.2 Å². The van der Waals surface area contributed by atoms with Crippen LogP contribution in [0.2, 0.25) is 5.02 Å². The van der Waals surface area contributed by atoms with E-state index in [9.17, 15) is 4.79 Å². The minimum atomic E-state index is -0.135. The number of amides is 1.